The molecule has 1 saturated heterocycles. The molecular weight excluding hydrogens is 424 g/mol. The first-order valence-corrected chi connectivity index (χ1v) is 9.06. The van der Waals surface area contributed by atoms with Crippen LogP contribution in [0.15, 0.2) is 28.7 Å². The predicted octanol–water partition coefficient (Wildman–Crippen LogP) is 3.55. The number of carboxylic acid groups (broad SMARTS) is 1. The number of halogens is 3. The lowest BCUT2D eigenvalue weighted by atomic mass is 10.1. The lowest BCUT2D eigenvalue weighted by Crippen LogP contribution is -2.32. The summed E-state index contributed by atoms with van der Waals surface area (Å²) in [6, 6.07) is 5.13. The van der Waals surface area contributed by atoms with E-state index >= 15 is 0 Å². The number of ether oxygens (including phenoxy) is 1. The summed E-state index contributed by atoms with van der Waals surface area (Å²) >= 11 is 2.96. The molecule has 9 heteroatoms. The van der Waals surface area contributed by atoms with E-state index in [4.69, 9.17) is 4.74 Å². The average Bonchev–Trinajstić information content (AvgIpc) is 2.92. The smallest absolute Gasteiger partial charge is 0.354 e. The fraction of sp³-hybridized carbons (Fsp3) is 0.278. The highest BCUT2D eigenvalue weighted by Crippen LogP contribution is 2.25. The standard InChI is InChI=1S/C18H14BrF2N3O3/c19-11-7-12(20)9(5-13(11)21)6-16-22-14-1-2-15(18(25)26)23-17(14)24(16)8-10-3-4-27-10/h1-2,5,7,10H,3-4,6,8H2,(H,25,26)/t10-/m0/s1. The van der Waals surface area contributed by atoms with Gasteiger partial charge >= 0.3 is 5.97 Å². The van der Waals surface area contributed by atoms with E-state index in [1.165, 1.54) is 6.07 Å². The molecule has 6 nitrogen and oxygen atoms in total. The number of carbonyl (C=O) groups is 1. The second kappa shape index (κ2) is 6.97. The van der Waals surface area contributed by atoms with Gasteiger partial charge in [-0.3, -0.25) is 0 Å². The molecule has 0 amide bonds. The van der Waals surface area contributed by atoms with E-state index in [1.54, 1.807) is 10.6 Å². The maximum Gasteiger partial charge on any atom is 0.354 e. The van der Waals surface area contributed by atoms with Crippen molar-refractivity contribution >= 4 is 33.1 Å². The molecule has 3 aromatic rings. The van der Waals surface area contributed by atoms with Crippen LogP contribution >= 0.6 is 15.9 Å². The number of aromatic nitrogens is 3. The molecule has 0 unspecified atom stereocenters. The molecule has 1 atom stereocenters. The van der Waals surface area contributed by atoms with E-state index < -0.39 is 17.6 Å². The second-order valence-electron chi connectivity index (χ2n) is 6.30. The quantitative estimate of drug-likeness (QED) is 0.617. The van der Waals surface area contributed by atoms with Gasteiger partial charge in [-0.05, 0) is 52.2 Å². The van der Waals surface area contributed by atoms with Gasteiger partial charge in [0.1, 0.15) is 23.0 Å². The molecule has 0 spiro atoms. The van der Waals surface area contributed by atoms with Crippen molar-refractivity contribution < 1.29 is 23.4 Å². The van der Waals surface area contributed by atoms with Crippen LogP contribution in [0.1, 0.15) is 28.3 Å². The minimum absolute atomic E-state index is 0.0389. The number of imidazole rings is 1. The second-order valence-corrected chi connectivity index (χ2v) is 7.15. The van der Waals surface area contributed by atoms with E-state index in [0.29, 0.717) is 30.1 Å². The first-order chi connectivity index (χ1) is 12.9. The molecule has 140 valence electrons. The molecule has 1 aromatic carbocycles. The highest BCUT2D eigenvalue weighted by atomic mass is 79.9. The number of aromatic carboxylic acids is 1. The van der Waals surface area contributed by atoms with Crippen molar-refractivity contribution in [3.63, 3.8) is 0 Å². The fourth-order valence-corrected chi connectivity index (χ4v) is 3.31. The van der Waals surface area contributed by atoms with Crippen LogP contribution in [0.25, 0.3) is 11.2 Å². The summed E-state index contributed by atoms with van der Waals surface area (Å²) in [6.45, 7) is 1.08. The minimum atomic E-state index is -1.15. The Kier molecular flexibility index (Phi) is 4.65. The van der Waals surface area contributed by atoms with Crippen molar-refractivity contribution in [1.82, 2.24) is 14.5 Å². The highest BCUT2D eigenvalue weighted by molar-refractivity contribution is 9.10. The van der Waals surface area contributed by atoms with Gasteiger partial charge in [0, 0.05) is 13.0 Å². The molecular formula is C18H14BrF2N3O3. The van der Waals surface area contributed by atoms with Gasteiger partial charge in [0.15, 0.2) is 11.3 Å². The van der Waals surface area contributed by atoms with E-state index in [0.717, 1.165) is 18.6 Å². The molecule has 0 radical (unpaired) electrons. The SMILES string of the molecule is O=C(O)c1ccc2nc(Cc3cc(F)c(Br)cc3F)n(C[C@@H]3CCO3)c2n1. The van der Waals surface area contributed by atoms with Crippen LogP contribution in [0.2, 0.25) is 0 Å². The van der Waals surface area contributed by atoms with E-state index in [9.17, 15) is 18.7 Å². The van der Waals surface area contributed by atoms with Crippen LogP contribution in [0, 0.1) is 11.6 Å². The van der Waals surface area contributed by atoms with Crippen molar-refractivity contribution in [2.75, 3.05) is 6.61 Å². The van der Waals surface area contributed by atoms with Crippen molar-refractivity contribution in [2.45, 2.75) is 25.5 Å². The maximum absolute atomic E-state index is 14.3. The Morgan fingerprint density at radius 2 is 2.07 bits per heavy atom. The molecule has 3 heterocycles. The number of carboxylic acids is 1. The van der Waals surface area contributed by atoms with Gasteiger partial charge in [0.05, 0.1) is 17.1 Å². The van der Waals surface area contributed by atoms with Crippen LogP contribution in [-0.4, -0.2) is 38.3 Å². The lowest BCUT2D eigenvalue weighted by molar-refractivity contribution is -0.0590. The van der Waals surface area contributed by atoms with Crippen LogP contribution in [0.4, 0.5) is 8.78 Å². The van der Waals surface area contributed by atoms with Crippen molar-refractivity contribution in [3.05, 3.63) is 57.5 Å². The topological polar surface area (TPSA) is 77.2 Å². The van der Waals surface area contributed by atoms with E-state index in [1.807, 2.05) is 0 Å². The summed E-state index contributed by atoms with van der Waals surface area (Å²) in [5.74, 6) is -1.80. The number of rotatable bonds is 5. The van der Waals surface area contributed by atoms with Gasteiger partial charge in [-0.1, -0.05) is 0 Å². The third kappa shape index (κ3) is 3.44. The summed E-state index contributed by atoms with van der Waals surface area (Å²) < 4.78 is 35.3. The summed E-state index contributed by atoms with van der Waals surface area (Å²) in [6.07, 6.45) is 0.864. The van der Waals surface area contributed by atoms with Gasteiger partial charge in [0.25, 0.3) is 0 Å². The Balaban J connectivity index is 1.79. The van der Waals surface area contributed by atoms with Crippen LogP contribution in [0.5, 0.6) is 0 Å². The van der Waals surface area contributed by atoms with Crippen molar-refractivity contribution in [2.24, 2.45) is 0 Å². The zero-order chi connectivity index (χ0) is 19.1. The number of pyridine rings is 1. The van der Waals surface area contributed by atoms with Gasteiger partial charge in [-0.25, -0.2) is 23.5 Å². The number of benzene rings is 1. The summed E-state index contributed by atoms with van der Waals surface area (Å²) in [5, 5.41) is 9.20. The first-order valence-electron chi connectivity index (χ1n) is 8.27. The Morgan fingerprint density at radius 3 is 2.74 bits per heavy atom. The Bertz CT molecular complexity index is 1050. The van der Waals surface area contributed by atoms with Gasteiger partial charge in [-0.2, -0.15) is 0 Å². The monoisotopic (exact) mass is 437 g/mol. The zero-order valence-corrected chi connectivity index (χ0v) is 15.5. The Morgan fingerprint density at radius 1 is 1.30 bits per heavy atom. The van der Waals surface area contributed by atoms with Gasteiger partial charge in [0.2, 0.25) is 0 Å². The molecule has 0 saturated carbocycles. The van der Waals surface area contributed by atoms with Crippen LogP contribution < -0.4 is 0 Å². The molecule has 1 aliphatic heterocycles. The molecule has 27 heavy (non-hydrogen) atoms. The molecule has 1 fully saturated rings. The van der Waals surface area contributed by atoms with Crippen LogP contribution in [0.3, 0.4) is 0 Å². The third-order valence-electron chi connectivity index (χ3n) is 4.51. The largest absolute Gasteiger partial charge is 0.477 e. The molecule has 0 bridgehead atoms. The Hall–Kier alpha value is -2.39. The molecule has 1 aliphatic rings. The first kappa shape index (κ1) is 18.0. The normalized spacial score (nSPS) is 16.5. The van der Waals surface area contributed by atoms with Crippen molar-refractivity contribution in [1.29, 1.82) is 0 Å². The third-order valence-corrected chi connectivity index (χ3v) is 5.12. The number of fused-ring (bicyclic) bond motifs is 1. The minimum Gasteiger partial charge on any atom is -0.477 e. The summed E-state index contributed by atoms with van der Waals surface area (Å²) in [4.78, 5) is 19.9. The number of hydrogen-bond donors (Lipinski definition) is 1. The average molecular weight is 438 g/mol. The fourth-order valence-electron chi connectivity index (χ4n) is 3.00. The maximum atomic E-state index is 14.3. The molecule has 2 aromatic heterocycles. The van der Waals surface area contributed by atoms with Crippen molar-refractivity contribution in [3.8, 4) is 0 Å². The predicted molar refractivity (Wildman–Crippen MR) is 95.7 cm³/mol. The lowest BCUT2D eigenvalue weighted by Gasteiger charge is -2.27. The number of hydrogen-bond acceptors (Lipinski definition) is 4. The number of nitrogens with zero attached hydrogens (tertiary/aromatic N) is 3. The van der Waals surface area contributed by atoms with E-state index in [-0.39, 0.29) is 28.3 Å². The molecule has 0 aliphatic carbocycles. The molecule has 1 N–H and O–H groups in total. The molecule has 4 rings (SSSR count). The van der Waals surface area contributed by atoms with Crippen LogP contribution in [-0.2, 0) is 17.7 Å². The van der Waals surface area contributed by atoms with Gasteiger partial charge in [-0.15, -0.1) is 0 Å². The summed E-state index contributed by atoms with van der Waals surface area (Å²) in [7, 11) is 0. The highest BCUT2D eigenvalue weighted by Gasteiger charge is 2.24. The Labute approximate surface area is 160 Å². The van der Waals surface area contributed by atoms with Gasteiger partial charge < -0.3 is 14.4 Å². The summed E-state index contributed by atoms with van der Waals surface area (Å²) in [5.41, 5.74) is 0.927. The van der Waals surface area contributed by atoms with E-state index in [2.05, 4.69) is 25.9 Å². The zero-order valence-electron chi connectivity index (χ0n) is 14.0.